The van der Waals surface area contributed by atoms with E-state index >= 15 is 0 Å². The van der Waals surface area contributed by atoms with Crippen molar-refractivity contribution in [2.24, 2.45) is 0 Å². The summed E-state index contributed by atoms with van der Waals surface area (Å²) in [5.41, 5.74) is 0.827. The number of nitrogens with zero attached hydrogens (tertiary/aromatic N) is 2. The first-order valence-electron chi connectivity index (χ1n) is 6.03. The molecule has 1 aromatic carbocycles. The molecule has 0 bridgehead atoms. The molecule has 6 heteroatoms. The minimum Gasteiger partial charge on any atom is -0.256 e. The minimum atomic E-state index is -4.39. The first-order chi connectivity index (χ1) is 9.95. The fourth-order valence-corrected chi connectivity index (χ4v) is 2.26. The van der Waals surface area contributed by atoms with Gasteiger partial charge in [0.15, 0.2) is 0 Å². The molecule has 0 atom stereocenters. The third kappa shape index (κ3) is 2.69. The van der Waals surface area contributed by atoms with E-state index in [4.69, 9.17) is 11.6 Å². The van der Waals surface area contributed by atoms with E-state index in [1.807, 2.05) is 0 Å². The number of hydrogen-bond acceptors (Lipinski definition) is 2. The zero-order valence-corrected chi connectivity index (χ0v) is 11.3. The fraction of sp³-hybridized carbons (Fsp3) is 0.0667. The van der Waals surface area contributed by atoms with Crippen LogP contribution in [0.1, 0.15) is 5.56 Å². The number of rotatable bonds is 1. The van der Waals surface area contributed by atoms with Crippen LogP contribution >= 0.6 is 11.6 Å². The summed E-state index contributed by atoms with van der Waals surface area (Å²) in [6.45, 7) is 0. The van der Waals surface area contributed by atoms with Crippen LogP contribution in [0.4, 0.5) is 13.2 Å². The van der Waals surface area contributed by atoms with Gasteiger partial charge in [0.1, 0.15) is 0 Å². The molecule has 106 valence electrons. The molecule has 0 radical (unpaired) electrons. The molecule has 0 aliphatic heterocycles. The van der Waals surface area contributed by atoms with E-state index in [0.717, 1.165) is 12.1 Å². The van der Waals surface area contributed by atoms with Crippen LogP contribution < -0.4 is 0 Å². The maximum atomic E-state index is 12.7. The van der Waals surface area contributed by atoms with Crippen LogP contribution in [-0.2, 0) is 6.18 Å². The number of pyridine rings is 2. The predicted molar refractivity (Wildman–Crippen MR) is 75.0 cm³/mol. The molecule has 0 saturated carbocycles. The Bertz CT molecular complexity index is 815. The van der Waals surface area contributed by atoms with Gasteiger partial charge in [-0.15, -0.1) is 0 Å². The predicted octanol–water partition coefficient (Wildman–Crippen LogP) is 4.97. The van der Waals surface area contributed by atoms with Crippen molar-refractivity contribution in [2.75, 3.05) is 0 Å². The van der Waals surface area contributed by atoms with Gasteiger partial charge in [0.2, 0.25) is 0 Å². The van der Waals surface area contributed by atoms with E-state index < -0.39 is 11.7 Å². The highest BCUT2D eigenvalue weighted by Crippen LogP contribution is 2.33. The molecule has 0 aliphatic rings. The second-order valence-corrected chi connectivity index (χ2v) is 4.88. The Balaban J connectivity index is 2.22. The molecule has 0 fully saturated rings. The highest BCUT2D eigenvalue weighted by atomic mass is 35.5. The molecule has 2 heterocycles. The summed E-state index contributed by atoms with van der Waals surface area (Å²) >= 11 is 5.93. The molecule has 0 saturated heterocycles. The lowest BCUT2D eigenvalue weighted by molar-refractivity contribution is -0.137. The van der Waals surface area contributed by atoms with E-state index in [0.29, 0.717) is 21.7 Å². The molecule has 3 aromatic rings. The first-order valence-corrected chi connectivity index (χ1v) is 6.41. The number of benzene rings is 1. The molecular weight excluding hydrogens is 301 g/mol. The van der Waals surface area contributed by atoms with Crippen molar-refractivity contribution in [1.29, 1.82) is 0 Å². The number of fused-ring (bicyclic) bond motifs is 1. The quantitative estimate of drug-likeness (QED) is 0.634. The molecule has 0 unspecified atom stereocenters. The molecule has 0 aliphatic carbocycles. The lowest BCUT2D eigenvalue weighted by Gasteiger charge is -2.09. The van der Waals surface area contributed by atoms with Crippen LogP contribution in [-0.4, -0.2) is 9.97 Å². The van der Waals surface area contributed by atoms with Gasteiger partial charge in [-0.1, -0.05) is 17.7 Å². The second kappa shape index (κ2) is 5.00. The zero-order valence-electron chi connectivity index (χ0n) is 10.5. The summed E-state index contributed by atoms with van der Waals surface area (Å²) in [6.07, 6.45) is -1.38. The van der Waals surface area contributed by atoms with E-state index in [2.05, 4.69) is 9.97 Å². The Morgan fingerprint density at radius 3 is 2.38 bits per heavy atom. The normalized spacial score (nSPS) is 11.8. The molecular formula is C15H8ClF3N2. The van der Waals surface area contributed by atoms with Crippen molar-refractivity contribution >= 4 is 22.5 Å². The number of aromatic nitrogens is 2. The van der Waals surface area contributed by atoms with Crippen LogP contribution in [0.15, 0.2) is 48.8 Å². The lowest BCUT2D eigenvalue weighted by atomic mass is 10.0. The van der Waals surface area contributed by atoms with Gasteiger partial charge in [0.05, 0.1) is 16.8 Å². The van der Waals surface area contributed by atoms with Gasteiger partial charge < -0.3 is 0 Å². The molecule has 3 rings (SSSR count). The number of hydrogen-bond donors (Lipinski definition) is 0. The Kier molecular flexibility index (Phi) is 3.29. The molecule has 2 nitrogen and oxygen atoms in total. The van der Waals surface area contributed by atoms with Gasteiger partial charge in [0.25, 0.3) is 0 Å². The van der Waals surface area contributed by atoms with Crippen LogP contribution in [0.2, 0.25) is 5.02 Å². The smallest absolute Gasteiger partial charge is 0.256 e. The average molecular weight is 309 g/mol. The molecule has 21 heavy (non-hydrogen) atoms. The Hall–Kier alpha value is -2.14. The van der Waals surface area contributed by atoms with Crippen molar-refractivity contribution in [1.82, 2.24) is 9.97 Å². The van der Waals surface area contributed by atoms with Crippen LogP contribution in [0.3, 0.4) is 0 Å². The summed E-state index contributed by atoms with van der Waals surface area (Å²) in [5, 5.41) is 1.11. The molecule has 0 amide bonds. The summed E-state index contributed by atoms with van der Waals surface area (Å²) in [5.74, 6) is 0. The van der Waals surface area contributed by atoms with E-state index in [9.17, 15) is 13.2 Å². The highest BCUT2D eigenvalue weighted by Gasteiger charge is 2.30. The second-order valence-electron chi connectivity index (χ2n) is 4.45. The van der Waals surface area contributed by atoms with E-state index in [-0.39, 0.29) is 5.52 Å². The zero-order chi connectivity index (χ0) is 15.0. The maximum Gasteiger partial charge on any atom is 0.416 e. The minimum absolute atomic E-state index is 0.268. The summed E-state index contributed by atoms with van der Waals surface area (Å²) in [4.78, 5) is 8.20. The van der Waals surface area contributed by atoms with Gasteiger partial charge in [-0.25, -0.2) is 0 Å². The van der Waals surface area contributed by atoms with Crippen molar-refractivity contribution in [3.63, 3.8) is 0 Å². The van der Waals surface area contributed by atoms with Crippen LogP contribution in [0.5, 0.6) is 0 Å². The largest absolute Gasteiger partial charge is 0.416 e. The van der Waals surface area contributed by atoms with Crippen molar-refractivity contribution in [3.05, 3.63) is 59.4 Å². The average Bonchev–Trinajstić information content (AvgIpc) is 2.45. The number of alkyl halides is 3. The topological polar surface area (TPSA) is 25.8 Å². The van der Waals surface area contributed by atoms with Gasteiger partial charge in [0, 0.05) is 28.4 Å². The number of halogens is 4. The van der Waals surface area contributed by atoms with Crippen molar-refractivity contribution < 1.29 is 13.2 Å². The highest BCUT2D eigenvalue weighted by molar-refractivity contribution is 6.30. The van der Waals surface area contributed by atoms with Gasteiger partial charge in [-0.3, -0.25) is 9.97 Å². The van der Waals surface area contributed by atoms with Gasteiger partial charge in [-0.2, -0.15) is 13.2 Å². The standard InChI is InChI=1S/C15H8ClF3N2/c16-10-3-5-20-14(8-10)12-4-6-21-13-7-9(15(17,18)19)1-2-11(12)13/h1-8H. The van der Waals surface area contributed by atoms with Crippen molar-refractivity contribution in [2.45, 2.75) is 6.18 Å². The van der Waals surface area contributed by atoms with Crippen LogP contribution in [0, 0.1) is 0 Å². The Morgan fingerprint density at radius 2 is 1.67 bits per heavy atom. The third-order valence-corrected chi connectivity index (χ3v) is 3.30. The van der Waals surface area contributed by atoms with E-state index in [1.54, 1.807) is 24.4 Å². The molecule has 0 N–H and O–H groups in total. The Labute approximate surface area is 123 Å². The van der Waals surface area contributed by atoms with Crippen molar-refractivity contribution in [3.8, 4) is 11.3 Å². The van der Waals surface area contributed by atoms with Gasteiger partial charge >= 0.3 is 6.18 Å². The molecule has 0 spiro atoms. The van der Waals surface area contributed by atoms with E-state index in [1.165, 1.54) is 12.3 Å². The SMILES string of the molecule is FC(F)(F)c1ccc2c(-c3cc(Cl)ccn3)ccnc2c1. The summed E-state index contributed by atoms with van der Waals surface area (Å²) < 4.78 is 38.2. The fourth-order valence-electron chi connectivity index (χ4n) is 2.10. The lowest BCUT2D eigenvalue weighted by Crippen LogP contribution is -2.04. The summed E-state index contributed by atoms with van der Waals surface area (Å²) in [6, 6.07) is 8.48. The Morgan fingerprint density at radius 1 is 0.905 bits per heavy atom. The van der Waals surface area contributed by atoms with Gasteiger partial charge in [-0.05, 0) is 30.3 Å². The first kappa shape index (κ1) is 13.8. The molecule has 2 aromatic heterocycles. The van der Waals surface area contributed by atoms with Crippen LogP contribution in [0.25, 0.3) is 22.2 Å². The third-order valence-electron chi connectivity index (χ3n) is 3.07. The summed E-state index contributed by atoms with van der Waals surface area (Å²) in [7, 11) is 0. The maximum absolute atomic E-state index is 12.7. The monoisotopic (exact) mass is 308 g/mol.